The molecule has 15 heteroatoms. The monoisotopic (exact) mass is 421 g/mol. The van der Waals surface area contributed by atoms with Crippen LogP contribution < -0.4 is 11.1 Å². The van der Waals surface area contributed by atoms with E-state index in [9.17, 15) is 22.8 Å². The number of aromatic nitrogens is 1. The number of nitrogens with one attached hydrogen (secondary N) is 1. The van der Waals surface area contributed by atoms with Crippen LogP contribution >= 0.6 is 11.3 Å². The molecule has 1 aliphatic heterocycles. The number of anilines is 1. The summed E-state index contributed by atoms with van der Waals surface area (Å²) in [5, 5.41) is 16.2. The third kappa shape index (κ3) is 4.50. The van der Waals surface area contributed by atoms with E-state index in [1.807, 2.05) is 0 Å². The fraction of sp³-hybridized carbons (Fsp3) is 0.417. The van der Waals surface area contributed by atoms with E-state index in [1.165, 1.54) is 19.2 Å². The number of carbonyl (C=O) groups is 3. The Balaban J connectivity index is 2.20. The average molecular weight is 421 g/mol. The largest absolute Gasteiger partial charge is 0.478 e. The summed E-state index contributed by atoms with van der Waals surface area (Å²) >= 11 is 0.979. The zero-order valence-electron chi connectivity index (χ0n) is 13.9. The third-order valence-corrected chi connectivity index (χ3v) is 4.90. The number of hydrogen-bond acceptors (Lipinski definition) is 10. The van der Waals surface area contributed by atoms with Crippen LogP contribution in [0.5, 0.6) is 0 Å². The standard InChI is InChI=1S/C12H15N5O8S2/c1-12(2,10(20)21)25-16-7(6-4-26-11(13)15-6)8(18)14-5-3-17(9(5)19)27(22,23)24/h4-5H,3H2,1-2H3,(H2,13,15)(H,14,18)(H,20,21)(H,22,23,24)/b16-7+/t5-/m0/s1. The van der Waals surface area contributed by atoms with Gasteiger partial charge in [-0.15, -0.1) is 11.3 Å². The summed E-state index contributed by atoms with van der Waals surface area (Å²) in [5.74, 6) is -3.37. The number of carboxylic acids is 1. The number of aliphatic carboxylic acids is 1. The van der Waals surface area contributed by atoms with Crippen molar-refractivity contribution in [1.29, 1.82) is 0 Å². The van der Waals surface area contributed by atoms with Crippen molar-refractivity contribution in [3.05, 3.63) is 11.1 Å². The van der Waals surface area contributed by atoms with Gasteiger partial charge in [-0.05, 0) is 13.8 Å². The van der Waals surface area contributed by atoms with Gasteiger partial charge in [0.25, 0.3) is 11.8 Å². The molecule has 1 aliphatic rings. The molecule has 1 saturated heterocycles. The highest BCUT2D eigenvalue weighted by Crippen LogP contribution is 2.17. The van der Waals surface area contributed by atoms with E-state index in [4.69, 9.17) is 20.2 Å². The lowest BCUT2D eigenvalue weighted by molar-refractivity contribution is -0.161. The van der Waals surface area contributed by atoms with Crippen LogP contribution in [0.15, 0.2) is 10.5 Å². The highest BCUT2D eigenvalue weighted by atomic mass is 32.2. The lowest BCUT2D eigenvalue weighted by Crippen LogP contribution is -2.65. The molecule has 0 aromatic carbocycles. The van der Waals surface area contributed by atoms with Crippen LogP contribution in [-0.2, 0) is 29.5 Å². The lowest BCUT2D eigenvalue weighted by atomic mass is 10.1. The molecule has 1 atom stereocenters. The molecular weight excluding hydrogens is 406 g/mol. The van der Waals surface area contributed by atoms with Gasteiger partial charge in [-0.3, -0.25) is 14.1 Å². The molecule has 0 saturated carbocycles. The summed E-state index contributed by atoms with van der Waals surface area (Å²) in [5.41, 5.74) is 3.25. The number of carboxylic acid groups (broad SMARTS) is 1. The van der Waals surface area contributed by atoms with E-state index in [1.54, 1.807) is 0 Å². The maximum absolute atomic E-state index is 12.4. The van der Waals surface area contributed by atoms with Gasteiger partial charge in [-0.25, -0.2) is 14.1 Å². The lowest BCUT2D eigenvalue weighted by Gasteiger charge is -2.35. The number of thiazole rings is 1. The van der Waals surface area contributed by atoms with Crippen molar-refractivity contribution >= 4 is 50.3 Å². The van der Waals surface area contributed by atoms with Gasteiger partial charge in [0, 0.05) is 5.38 Å². The van der Waals surface area contributed by atoms with E-state index < -0.39 is 52.0 Å². The van der Waals surface area contributed by atoms with Crippen molar-refractivity contribution < 1.29 is 37.3 Å². The number of rotatable bonds is 7. The molecule has 2 amide bonds. The Hall–Kier alpha value is -2.78. The molecule has 1 fully saturated rings. The molecule has 0 bridgehead atoms. The van der Waals surface area contributed by atoms with Gasteiger partial charge in [0.1, 0.15) is 11.7 Å². The number of nitrogen functional groups attached to an aromatic ring is 1. The highest BCUT2D eigenvalue weighted by molar-refractivity contribution is 7.84. The van der Waals surface area contributed by atoms with Crippen molar-refractivity contribution in [3.63, 3.8) is 0 Å². The highest BCUT2D eigenvalue weighted by Gasteiger charge is 2.45. The maximum Gasteiger partial charge on any atom is 0.362 e. The Labute approximate surface area is 156 Å². The van der Waals surface area contributed by atoms with Crippen LogP contribution in [0.3, 0.4) is 0 Å². The van der Waals surface area contributed by atoms with Crippen molar-refractivity contribution in [2.75, 3.05) is 12.3 Å². The van der Waals surface area contributed by atoms with Crippen LogP contribution in [-0.4, -0.2) is 69.0 Å². The first-order chi connectivity index (χ1) is 12.3. The summed E-state index contributed by atoms with van der Waals surface area (Å²) in [6.07, 6.45) is 0. The molecule has 1 aromatic rings. The second-order valence-electron chi connectivity index (χ2n) is 5.79. The van der Waals surface area contributed by atoms with E-state index in [2.05, 4.69) is 15.5 Å². The smallest absolute Gasteiger partial charge is 0.362 e. The fourth-order valence-corrected chi connectivity index (χ4v) is 2.98. The Morgan fingerprint density at radius 2 is 2.15 bits per heavy atom. The topological polar surface area (TPSA) is 202 Å². The number of carbonyl (C=O) groups excluding carboxylic acids is 2. The fourth-order valence-electron chi connectivity index (χ4n) is 1.74. The van der Waals surface area contributed by atoms with Crippen LogP contribution in [0, 0.1) is 0 Å². The molecule has 0 unspecified atom stereocenters. The molecule has 0 radical (unpaired) electrons. The second-order valence-corrected chi connectivity index (χ2v) is 8.02. The van der Waals surface area contributed by atoms with Crippen LogP contribution in [0.4, 0.5) is 5.13 Å². The summed E-state index contributed by atoms with van der Waals surface area (Å²) in [7, 11) is -4.71. The van der Waals surface area contributed by atoms with Crippen molar-refractivity contribution in [3.8, 4) is 0 Å². The SMILES string of the molecule is CC(C)(O/N=C(/C(=O)N[C@H]1CN(S(=O)(=O)O)C1=O)c1csc(N)n1)C(=O)O. The number of oxime groups is 1. The van der Waals surface area contributed by atoms with Crippen molar-refractivity contribution in [1.82, 2.24) is 14.6 Å². The van der Waals surface area contributed by atoms with Gasteiger partial charge >= 0.3 is 16.3 Å². The first-order valence-electron chi connectivity index (χ1n) is 7.13. The Bertz CT molecular complexity index is 922. The third-order valence-electron chi connectivity index (χ3n) is 3.34. The summed E-state index contributed by atoms with van der Waals surface area (Å²) < 4.78 is 30.8. The Morgan fingerprint density at radius 3 is 2.59 bits per heavy atom. The molecule has 1 aromatic heterocycles. The molecule has 2 rings (SSSR count). The van der Waals surface area contributed by atoms with Gasteiger partial charge in [-0.2, -0.15) is 8.42 Å². The average Bonchev–Trinajstić information content (AvgIpc) is 2.95. The van der Waals surface area contributed by atoms with E-state index >= 15 is 0 Å². The van der Waals surface area contributed by atoms with E-state index in [-0.39, 0.29) is 15.1 Å². The van der Waals surface area contributed by atoms with E-state index in [0.717, 1.165) is 11.3 Å². The zero-order valence-corrected chi connectivity index (χ0v) is 15.6. The molecule has 148 valence electrons. The van der Waals surface area contributed by atoms with Gasteiger partial charge in [0.05, 0.1) is 6.54 Å². The number of β-lactam (4-membered cyclic amide) rings is 1. The van der Waals surface area contributed by atoms with Crippen molar-refractivity contribution in [2.24, 2.45) is 5.16 Å². The normalized spacial score (nSPS) is 18.0. The molecule has 13 nitrogen and oxygen atoms in total. The number of nitrogens with two attached hydrogens (primary N) is 1. The number of nitrogens with zero attached hydrogens (tertiary/aromatic N) is 3. The van der Waals surface area contributed by atoms with Gasteiger partial charge in [0.15, 0.2) is 10.8 Å². The Kier molecular flexibility index (Phi) is 5.39. The molecule has 0 spiro atoms. The van der Waals surface area contributed by atoms with Gasteiger partial charge in [-0.1, -0.05) is 5.16 Å². The molecule has 0 aliphatic carbocycles. The quantitative estimate of drug-likeness (QED) is 0.172. The zero-order chi connectivity index (χ0) is 20.6. The van der Waals surface area contributed by atoms with Crippen LogP contribution in [0.2, 0.25) is 0 Å². The second kappa shape index (κ2) is 7.09. The van der Waals surface area contributed by atoms with Crippen LogP contribution in [0.1, 0.15) is 19.5 Å². The van der Waals surface area contributed by atoms with Gasteiger partial charge < -0.3 is 21.0 Å². The van der Waals surface area contributed by atoms with Crippen LogP contribution in [0.25, 0.3) is 0 Å². The van der Waals surface area contributed by atoms with Gasteiger partial charge in [0.2, 0.25) is 5.60 Å². The predicted octanol–water partition coefficient (Wildman–Crippen LogP) is -1.56. The Morgan fingerprint density at radius 1 is 1.52 bits per heavy atom. The molecular formula is C12H15N5O8S2. The first kappa shape index (κ1) is 20.5. The number of amides is 2. The van der Waals surface area contributed by atoms with E-state index in [0.29, 0.717) is 0 Å². The summed E-state index contributed by atoms with van der Waals surface area (Å²) in [6.45, 7) is 1.92. The summed E-state index contributed by atoms with van der Waals surface area (Å²) in [6, 6.07) is -1.23. The molecule has 27 heavy (non-hydrogen) atoms. The molecule has 5 N–H and O–H groups in total. The minimum atomic E-state index is -4.71. The molecule has 2 heterocycles. The predicted molar refractivity (Wildman–Crippen MR) is 91.1 cm³/mol. The first-order valence-corrected chi connectivity index (χ1v) is 9.41. The minimum absolute atomic E-state index is 0.0328. The summed E-state index contributed by atoms with van der Waals surface area (Å²) in [4.78, 5) is 44.0. The number of hydrogen-bond donors (Lipinski definition) is 4. The van der Waals surface area contributed by atoms with Crippen molar-refractivity contribution in [2.45, 2.75) is 25.5 Å². The maximum atomic E-state index is 12.4. The minimum Gasteiger partial charge on any atom is -0.478 e.